The van der Waals surface area contributed by atoms with Gasteiger partial charge in [-0.2, -0.15) is 0 Å². The Morgan fingerprint density at radius 1 is 0.519 bits per heavy atom. The lowest BCUT2D eigenvalue weighted by Gasteiger charge is -2.19. The third-order valence-corrected chi connectivity index (χ3v) is 9.87. The quantitative estimate of drug-likeness (QED) is 0.0284. The smallest absolute Gasteiger partial charge is 0.462 e. The van der Waals surface area contributed by atoms with Crippen molar-refractivity contribution < 1.29 is 37.6 Å². The summed E-state index contributed by atoms with van der Waals surface area (Å²) in [6.07, 6.45) is 48.4. The summed E-state index contributed by atoms with van der Waals surface area (Å²) in [4.78, 5) is 34.7. The summed E-state index contributed by atoms with van der Waals surface area (Å²) >= 11 is 0. The van der Waals surface area contributed by atoms with Crippen LogP contribution in [-0.2, 0) is 32.7 Å². The molecule has 9 heteroatoms. The van der Waals surface area contributed by atoms with Gasteiger partial charge in [0.25, 0.3) is 0 Å². The molecular weight excluding hydrogens is 699 g/mol. The van der Waals surface area contributed by atoms with Crippen LogP contribution in [0.5, 0.6) is 0 Å². The van der Waals surface area contributed by atoms with Gasteiger partial charge in [0.1, 0.15) is 6.61 Å². The lowest BCUT2D eigenvalue weighted by Crippen LogP contribution is -2.29. The van der Waals surface area contributed by atoms with Crippen molar-refractivity contribution >= 4 is 19.8 Å². The van der Waals surface area contributed by atoms with E-state index in [0.717, 1.165) is 83.5 Å². The monoisotopic (exact) mass is 779 g/mol. The van der Waals surface area contributed by atoms with Crippen LogP contribution in [0.3, 0.4) is 0 Å². The van der Waals surface area contributed by atoms with Crippen molar-refractivity contribution in [1.29, 1.82) is 0 Å². The summed E-state index contributed by atoms with van der Waals surface area (Å²) in [7, 11) is -4.29. The minimum Gasteiger partial charge on any atom is -0.462 e. The summed E-state index contributed by atoms with van der Waals surface area (Å²) in [5, 5.41) is 0. The molecule has 0 radical (unpaired) electrons. The maximum Gasteiger partial charge on any atom is 0.472 e. The number of rotatable bonds is 39. The fraction of sp³-hybridized carbons (Fsp3) is 0.733. The number of carbonyl (C=O) groups is 2. The van der Waals surface area contributed by atoms with Crippen LogP contribution in [0, 0.1) is 0 Å². The molecule has 0 aromatic carbocycles. The van der Waals surface area contributed by atoms with E-state index < -0.39 is 26.5 Å². The van der Waals surface area contributed by atoms with Gasteiger partial charge in [0.2, 0.25) is 0 Å². The van der Waals surface area contributed by atoms with Gasteiger partial charge in [-0.15, -0.1) is 0 Å². The zero-order chi connectivity index (χ0) is 39.6. The predicted molar refractivity (Wildman–Crippen MR) is 225 cm³/mol. The van der Waals surface area contributed by atoms with Crippen LogP contribution in [0.2, 0.25) is 0 Å². The molecule has 0 aromatic heterocycles. The molecule has 0 saturated carbocycles. The third-order valence-electron chi connectivity index (χ3n) is 8.81. The third kappa shape index (κ3) is 39.4. The number of esters is 2. The number of ether oxygens (including phenoxy) is 2. The predicted octanol–water partition coefficient (Wildman–Crippen LogP) is 13.6. The Hall–Kier alpha value is -2.25. The maximum absolute atomic E-state index is 12.5. The van der Waals surface area contributed by atoms with Crippen LogP contribution in [-0.4, -0.2) is 42.8 Å². The Balaban J connectivity index is 4.14. The van der Waals surface area contributed by atoms with Gasteiger partial charge in [0.15, 0.2) is 6.10 Å². The average Bonchev–Trinajstić information content (AvgIpc) is 3.15. The van der Waals surface area contributed by atoms with Crippen LogP contribution in [0.1, 0.15) is 188 Å². The number of phosphoric ester groups is 1. The number of carbonyl (C=O) groups excluding carboxylic acids is 2. The van der Waals surface area contributed by atoms with E-state index in [1.165, 1.54) is 64.2 Å². The molecule has 0 saturated heterocycles. The largest absolute Gasteiger partial charge is 0.472 e. The first-order valence-corrected chi connectivity index (χ1v) is 23.1. The second kappa shape index (κ2) is 40.4. The number of allylic oxidation sites excluding steroid dienone is 10. The molecule has 0 rings (SSSR count). The molecule has 0 aliphatic heterocycles. The molecule has 0 aromatic rings. The van der Waals surface area contributed by atoms with Crippen LogP contribution in [0.4, 0.5) is 0 Å². The zero-order valence-corrected chi connectivity index (χ0v) is 35.5. The Bertz CT molecular complexity index is 1060. The SMILES string of the molecule is CC/C=C\C/C=C\C/C=C\C/C=C\CCCCCCC(=O)OC(COC(=O)CCCCCCCCC/C=C\CCCCCCCC)COP(=O)(O)OCC. The van der Waals surface area contributed by atoms with Crippen LogP contribution in [0.15, 0.2) is 60.8 Å². The molecule has 2 unspecified atom stereocenters. The van der Waals surface area contributed by atoms with Gasteiger partial charge in [-0.05, 0) is 84.0 Å². The number of hydrogen-bond acceptors (Lipinski definition) is 7. The van der Waals surface area contributed by atoms with E-state index >= 15 is 0 Å². The van der Waals surface area contributed by atoms with E-state index in [4.69, 9.17) is 18.5 Å². The van der Waals surface area contributed by atoms with Gasteiger partial charge in [0.05, 0.1) is 13.2 Å². The van der Waals surface area contributed by atoms with E-state index in [-0.39, 0.29) is 32.0 Å². The lowest BCUT2D eigenvalue weighted by molar-refractivity contribution is -0.161. The first-order valence-electron chi connectivity index (χ1n) is 21.6. The standard InChI is InChI=1S/C45H79O8P/c1-4-7-9-11-13-15-17-19-21-23-25-27-29-31-33-35-37-39-44(46)50-41-43(42-52-54(48,49)51-6-3)53-45(47)40-38-36-34-32-30-28-26-24-22-20-18-16-14-12-10-8-5-2/h8,10,14,16,19-22,26,28,43H,4-7,9,11-13,15,17-18,23-25,27,29-42H2,1-3H3,(H,48,49)/b10-8-,16-14-,21-19-,22-20-,28-26-. The van der Waals surface area contributed by atoms with Crippen molar-refractivity contribution in [3.8, 4) is 0 Å². The van der Waals surface area contributed by atoms with Crippen molar-refractivity contribution in [3.05, 3.63) is 60.8 Å². The molecule has 2 atom stereocenters. The van der Waals surface area contributed by atoms with Gasteiger partial charge < -0.3 is 14.4 Å². The molecule has 54 heavy (non-hydrogen) atoms. The average molecular weight is 779 g/mol. The van der Waals surface area contributed by atoms with Crippen molar-refractivity contribution in [2.75, 3.05) is 19.8 Å². The number of hydrogen-bond donors (Lipinski definition) is 1. The molecule has 0 aliphatic carbocycles. The van der Waals surface area contributed by atoms with Crippen molar-refractivity contribution in [2.24, 2.45) is 0 Å². The number of unbranched alkanes of at least 4 members (excludes halogenated alkanes) is 17. The van der Waals surface area contributed by atoms with Gasteiger partial charge in [-0.3, -0.25) is 18.6 Å². The summed E-state index contributed by atoms with van der Waals surface area (Å²) < 4.78 is 32.6. The zero-order valence-electron chi connectivity index (χ0n) is 34.6. The van der Waals surface area contributed by atoms with E-state index in [1.807, 2.05) is 0 Å². The van der Waals surface area contributed by atoms with Crippen molar-refractivity contribution in [3.63, 3.8) is 0 Å². The van der Waals surface area contributed by atoms with E-state index in [0.29, 0.717) is 6.42 Å². The van der Waals surface area contributed by atoms with Crippen LogP contribution in [0.25, 0.3) is 0 Å². The highest BCUT2D eigenvalue weighted by atomic mass is 31.2. The van der Waals surface area contributed by atoms with Gasteiger partial charge >= 0.3 is 19.8 Å². The summed E-state index contributed by atoms with van der Waals surface area (Å²) in [6.45, 7) is 5.32. The molecule has 0 aliphatic rings. The van der Waals surface area contributed by atoms with E-state index in [9.17, 15) is 19.0 Å². The lowest BCUT2D eigenvalue weighted by atomic mass is 10.1. The molecule has 0 amide bonds. The first kappa shape index (κ1) is 51.8. The van der Waals surface area contributed by atoms with Crippen LogP contribution < -0.4 is 0 Å². The van der Waals surface area contributed by atoms with Gasteiger partial charge in [-0.1, -0.05) is 152 Å². The second-order valence-electron chi connectivity index (χ2n) is 14.0. The highest BCUT2D eigenvalue weighted by Gasteiger charge is 2.25. The highest BCUT2D eigenvalue weighted by molar-refractivity contribution is 7.47. The second-order valence-corrected chi connectivity index (χ2v) is 15.4. The summed E-state index contributed by atoms with van der Waals surface area (Å²) in [6, 6.07) is 0. The van der Waals surface area contributed by atoms with Crippen molar-refractivity contribution in [2.45, 2.75) is 194 Å². The minimum atomic E-state index is -4.29. The Kier molecular flexibility index (Phi) is 38.7. The minimum absolute atomic E-state index is 0.00774. The fourth-order valence-electron chi connectivity index (χ4n) is 5.67. The van der Waals surface area contributed by atoms with E-state index in [1.54, 1.807) is 6.92 Å². The highest BCUT2D eigenvalue weighted by Crippen LogP contribution is 2.43. The van der Waals surface area contributed by atoms with Crippen molar-refractivity contribution in [1.82, 2.24) is 0 Å². The first-order chi connectivity index (χ1) is 26.3. The Morgan fingerprint density at radius 2 is 0.944 bits per heavy atom. The fourth-order valence-corrected chi connectivity index (χ4v) is 6.43. The summed E-state index contributed by atoms with van der Waals surface area (Å²) in [5.41, 5.74) is 0. The molecule has 0 bridgehead atoms. The molecule has 0 fully saturated rings. The number of phosphoric acid groups is 1. The van der Waals surface area contributed by atoms with E-state index in [2.05, 4.69) is 74.6 Å². The van der Waals surface area contributed by atoms with Gasteiger partial charge in [-0.25, -0.2) is 4.57 Å². The topological polar surface area (TPSA) is 108 Å². The normalized spacial score (nSPS) is 13.9. The molecular formula is C45H79O8P. The molecule has 0 spiro atoms. The summed E-state index contributed by atoms with van der Waals surface area (Å²) in [5.74, 6) is -0.832. The molecule has 1 N–H and O–H groups in total. The Morgan fingerprint density at radius 3 is 1.44 bits per heavy atom. The Labute approximate surface area is 330 Å². The van der Waals surface area contributed by atoms with Crippen LogP contribution >= 0.6 is 7.82 Å². The molecule has 0 heterocycles. The molecule has 312 valence electrons. The maximum atomic E-state index is 12.5. The van der Waals surface area contributed by atoms with Gasteiger partial charge in [0, 0.05) is 12.8 Å². The molecule has 8 nitrogen and oxygen atoms in total.